The van der Waals surface area contributed by atoms with Crippen LogP contribution in [-0.2, 0) is 6.54 Å². The fourth-order valence-electron chi connectivity index (χ4n) is 2.40. The number of amides is 1. The Bertz CT molecular complexity index is 714. The van der Waals surface area contributed by atoms with E-state index in [4.69, 9.17) is 10.5 Å². The zero-order valence-electron chi connectivity index (χ0n) is 15.0. The number of ether oxygens (including phenoxy) is 1. The van der Waals surface area contributed by atoms with E-state index in [0.717, 1.165) is 25.6 Å². The molecular formula is C20H25FN2O2. The van der Waals surface area contributed by atoms with Crippen LogP contribution in [-0.4, -0.2) is 24.4 Å². The SMILES string of the molecule is CC(C)CCN(C)Cc1ccc(Oc2ccc(C(N)=O)cc2F)cc1. The largest absolute Gasteiger partial charge is 0.454 e. The Morgan fingerprint density at radius 3 is 2.44 bits per heavy atom. The predicted octanol–water partition coefficient (Wildman–Crippen LogP) is 4.19. The minimum atomic E-state index is -0.670. The van der Waals surface area contributed by atoms with Crippen LogP contribution in [0.15, 0.2) is 42.5 Å². The second kappa shape index (κ2) is 8.62. The second-order valence-corrected chi connectivity index (χ2v) is 6.68. The molecule has 0 bridgehead atoms. The van der Waals surface area contributed by atoms with Gasteiger partial charge in [-0.05, 0) is 61.8 Å². The Hall–Kier alpha value is -2.40. The molecule has 0 aliphatic carbocycles. The molecule has 5 heteroatoms. The number of nitrogens with two attached hydrogens (primary N) is 1. The number of carbonyl (C=O) groups excluding carboxylic acids is 1. The summed E-state index contributed by atoms with van der Waals surface area (Å²) in [7, 11) is 2.10. The molecule has 0 aliphatic rings. The van der Waals surface area contributed by atoms with Crippen molar-refractivity contribution < 1.29 is 13.9 Å². The third-order valence-corrected chi connectivity index (χ3v) is 3.91. The minimum absolute atomic E-state index is 0.0619. The summed E-state index contributed by atoms with van der Waals surface area (Å²) in [6.45, 7) is 6.34. The van der Waals surface area contributed by atoms with Crippen LogP contribution in [0.2, 0.25) is 0 Å². The second-order valence-electron chi connectivity index (χ2n) is 6.68. The van der Waals surface area contributed by atoms with E-state index in [1.807, 2.05) is 24.3 Å². The monoisotopic (exact) mass is 344 g/mol. The van der Waals surface area contributed by atoms with Crippen molar-refractivity contribution >= 4 is 5.91 Å². The van der Waals surface area contributed by atoms with E-state index in [1.54, 1.807) is 0 Å². The molecule has 0 aliphatic heterocycles. The summed E-state index contributed by atoms with van der Waals surface area (Å²) < 4.78 is 19.5. The van der Waals surface area contributed by atoms with Crippen molar-refractivity contribution in [1.82, 2.24) is 4.90 Å². The first-order chi connectivity index (χ1) is 11.8. The van der Waals surface area contributed by atoms with Gasteiger partial charge in [-0.2, -0.15) is 0 Å². The number of nitrogens with zero attached hydrogens (tertiary/aromatic N) is 1. The number of rotatable bonds is 8. The third kappa shape index (κ3) is 5.87. The molecule has 0 unspecified atom stereocenters. The maximum atomic E-state index is 14.0. The highest BCUT2D eigenvalue weighted by Gasteiger charge is 2.09. The highest BCUT2D eigenvalue weighted by molar-refractivity contribution is 5.92. The fraction of sp³-hybridized carbons (Fsp3) is 0.350. The molecular weight excluding hydrogens is 319 g/mol. The number of halogens is 1. The van der Waals surface area contributed by atoms with Crippen LogP contribution in [0, 0.1) is 11.7 Å². The average Bonchev–Trinajstić information content (AvgIpc) is 2.56. The molecule has 0 atom stereocenters. The quantitative estimate of drug-likeness (QED) is 0.781. The summed E-state index contributed by atoms with van der Waals surface area (Å²) in [5.41, 5.74) is 6.41. The summed E-state index contributed by atoms with van der Waals surface area (Å²) in [5, 5.41) is 0. The maximum Gasteiger partial charge on any atom is 0.248 e. The van der Waals surface area contributed by atoms with Gasteiger partial charge in [0.2, 0.25) is 5.91 Å². The van der Waals surface area contributed by atoms with Gasteiger partial charge in [-0.3, -0.25) is 4.79 Å². The summed E-state index contributed by atoms with van der Waals surface area (Å²) in [6.07, 6.45) is 1.16. The molecule has 2 rings (SSSR count). The molecule has 0 aromatic heterocycles. The Morgan fingerprint density at radius 1 is 1.20 bits per heavy atom. The van der Waals surface area contributed by atoms with Gasteiger partial charge in [0.25, 0.3) is 0 Å². The molecule has 2 N–H and O–H groups in total. The first-order valence-corrected chi connectivity index (χ1v) is 8.40. The standard InChI is InChI=1S/C20H25FN2O2/c1-14(2)10-11-23(3)13-15-4-7-17(8-5-15)25-19-9-6-16(20(22)24)12-18(19)21/h4-9,12,14H,10-11,13H2,1-3H3,(H2,22,24). The molecule has 0 saturated heterocycles. The molecule has 0 spiro atoms. The molecule has 4 nitrogen and oxygen atoms in total. The number of carbonyl (C=O) groups is 1. The predicted molar refractivity (Wildman–Crippen MR) is 97.2 cm³/mol. The first-order valence-electron chi connectivity index (χ1n) is 8.40. The molecule has 0 saturated carbocycles. The lowest BCUT2D eigenvalue weighted by molar-refractivity contribution is 0.1000. The molecule has 25 heavy (non-hydrogen) atoms. The lowest BCUT2D eigenvalue weighted by Gasteiger charge is -2.18. The van der Waals surface area contributed by atoms with E-state index in [0.29, 0.717) is 11.7 Å². The van der Waals surface area contributed by atoms with Crippen molar-refractivity contribution in [2.24, 2.45) is 11.7 Å². The Morgan fingerprint density at radius 2 is 1.88 bits per heavy atom. The Labute approximate surface area is 148 Å². The third-order valence-electron chi connectivity index (χ3n) is 3.91. The summed E-state index contributed by atoms with van der Waals surface area (Å²) in [6, 6.07) is 11.5. The Kier molecular flexibility index (Phi) is 6.53. The van der Waals surface area contributed by atoms with E-state index >= 15 is 0 Å². The molecule has 0 heterocycles. The van der Waals surface area contributed by atoms with Gasteiger partial charge in [0.1, 0.15) is 5.75 Å². The first kappa shape index (κ1) is 18.9. The zero-order valence-corrected chi connectivity index (χ0v) is 15.0. The van der Waals surface area contributed by atoms with Crippen molar-refractivity contribution in [2.75, 3.05) is 13.6 Å². The normalized spacial score (nSPS) is 11.1. The van der Waals surface area contributed by atoms with Gasteiger partial charge < -0.3 is 15.4 Å². The lowest BCUT2D eigenvalue weighted by atomic mass is 10.1. The van der Waals surface area contributed by atoms with Crippen LogP contribution < -0.4 is 10.5 Å². The highest BCUT2D eigenvalue weighted by atomic mass is 19.1. The van der Waals surface area contributed by atoms with Gasteiger partial charge in [0.05, 0.1) is 0 Å². The van der Waals surface area contributed by atoms with E-state index in [2.05, 4.69) is 25.8 Å². The van der Waals surface area contributed by atoms with E-state index in [-0.39, 0.29) is 11.3 Å². The van der Waals surface area contributed by atoms with Gasteiger partial charge in [-0.15, -0.1) is 0 Å². The number of primary amides is 1. The number of hydrogen-bond acceptors (Lipinski definition) is 3. The summed E-state index contributed by atoms with van der Waals surface area (Å²) in [4.78, 5) is 13.3. The molecule has 2 aromatic rings. The van der Waals surface area contributed by atoms with Crippen molar-refractivity contribution in [3.63, 3.8) is 0 Å². The van der Waals surface area contributed by atoms with Crippen molar-refractivity contribution in [3.8, 4) is 11.5 Å². The molecule has 1 amide bonds. The Balaban J connectivity index is 1.97. The maximum absolute atomic E-state index is 14.0. The molecule has 0 fully saturated rings. The smallest absolute Gasteiger partial charge is 0.248 e. The summed E-state index contributed by atoms with van der Waals surface area (Å²) >= 11 is 0. The number of hydrogen-bond donors (Lipinski definition) is 1. The highest BCUT2D eigenvalue weighted by Crippen LogP contribution is 2.25. The lowest BCUT2D eigenvalue weighted by Crippen LogP contribution is -2.20. The molecule has 2 aromatic carbocycles. The van der Waals surface area contributed by atoms with Crippen molar-refractivity contribution in [2.45, 2.75) is 26.8 Å². The molecule has 0 radical (unpaired) electrons. The average molecular weight is 344 g/mol. The van der Waals surface area contributed by atoms with Crippen molar-refractivity contribution in [1.29, 1.82) is 0 Å². The molecule has 134 valence electrons. The number of benzene rings is 2. The fourth-order valence-corrected chi connectivity index (χ4v) is 2.40. The van der Waals surface area contributed by atoms with Gasteiger partial charge in [-0.25, -0.2) is 4.39 Å². The van der Waals surface area contributed by atoms with Gasteiger partial charge in [-0.1, -0.05) is 26.0 Å². The van der Waals surface area contributed by atoms with Crippen LogP contribution in [0.1, 0.15) is 36.2 Å². The summed E-state index contributed by atoms with van der Waals surface area (Å²) in [5.74, 6) is 0.00497. The van der Waals surface area contributed by atoms with Crippen LogP contribution in [0.5, 0.6) is 11.5 Å². The topological polar surface area (TPSA) is 55.6 Å². The van der Waals surface area contributed by atoms with Gasteiger partial charge >= 0.3 is 0 Å². The van der Waals surface area contributed by atoms with E-state index < -0.39 is 11.7 Å². The van der Waals surface area contributed by atoms with Gasteiger partial charge in [0, 0.05) is 12.1 Å². The van der Waals surface area contributed by atoms with E-state index in [1.165, 1.54) is 17.7 Å². The minimum Gasteiger partial charge on any atom is -0.454 e. The van der Waals surface area contributed by atoms with Crippen LogP contribution in [0.25, 0.3) is 0 Å². The van der Waals surface area contributed by atoms with Crippen LogP contribution >= 0.6 is 0 Å². The van der Waals surface area contributed by atoms with Crippen LogP contribution in [0.3, 0.4) is 0 Å². The van der Waals surface area contributed by atoms with Gasteiger partial charge in [0.15, 0.2) is 11.6 Å². The van der Waals surface area contributed by atoms with E-state index in [9.17, 15) is 9.18 Å². The van der Waals surface area contributed by atoms with Crippen LogP contribution in [0.4, 0.5) is 4.39 Å². The van der Waals surface area contributed by atoms with Crippen molar-refractivity contribution in [3.05, 3.63) is 59.4 Å². The zero-order chi connectivity index (χ0) is 18.4.